The number of nitrogens with one attached hydrogen (secondary N) is 2. The number of hydrogen-bond acceptors (Lipinski definition) is 2. The van der Waals surface area contributed by atoms with Crippen LogP contribution >= 0.6 is 0 Å². The van der Waals surface area contributed by atoms with Crippen LogP contribution < -0.4 is 10.6 Å². The first-order valence-corrected chi connectivity index (χ1v) is 9.12. The molecule has 1 heterocycles. The van der Waals surface area contributed by atoms with E-state index in [2.05, 4.69) is 22.5 Å². The van der Waals surface area contributed by atoms with Gasteiger partial charge in [-0.2, -0.15) is 0 Å². The Balaban J connectivity index is 1.69. The number of guanidine groups is 1. The third-order valence-electron chi connectivity index (χ3n) is 4.64. The third-order valence-corrected chi connectivity index (χ3v) is 4.64. The van der Waals surface area contributed by atoms with Gasteiger partial charge in [0.2, 0.25) is 5.91 Å². The number of likely N-dealkylation sites (tertiary alicyclic amines) is 1. The van der Waals surface area contributed by atoms with E-state index in [0.717, 1.165) is 56.8 Å². The molecule has 1 fully saturated rings. The van der Waals surface area contributed by atoms with Crippen molar-refractivity contribution in [3.8, 4) is 0 Å². The summed E-state index contributed by atoms with van der Waals surface area (Å²) < 4.78 is 12.9. The molecule has 0 bridgehead atoms. The van der Waals surface area contributed by atoms with Gasteiger partial charge in [0, 0.05) is 39.1 Å². The number of aliphatic imine (C=N–C) groups is 1. The van der Waals surface area contributed by atoms with Crippen LogP contribution in [0, 0.1) is 5.82 Å². The van der Waals surface area contributed by atoms with Crippen molar-refractivity contribution in [3.63, 3.8) is 0 Å². The summed E-state index contributed by atoms with van der Waals surface area (Å²) >= 11 is 0. The molecule has 1 aromatic carbocycles. The summed E-state index contributed by atoms with van der Waals surface area (Å²) in [4.78, 5) is 18.1. The van der Waals surface area contributed by atoms with Crippen LogP contribution in [0.5, 0.6) is 0 Å². The predicted octanol–water partition coefficient (Wildman–Crippen LogP) is 2.32. The minimum absolute atomic E-state index is 0.212. The Morgan fingerprint density at radius 1 is 1.28 bits per heavy atom. The first-order valence-electron chi connectivity index (χ1n) is 9.12. The summed E-state index contributed by atoms with van der Waals surface area (Å²) in [7, 11) is 1.74. The third kappa shape index (κ3) is 6.03. The molecule has 0 saturated carbocycles. The maximum absolute atomic E-state index is 12.9. The van der Waals surface area contributed by atoms with E-state index in [1.807, 2.05) is 4.90 Å². The summed E-state index contributed by atoms with van der Waals surface area (Å²) in [6, 6.07) is 6.86. The molecule has 138 valence electrons. The maximum atomic E-state index is 12.9. The second-order valence-electron chi connectivity index (χ2n) is 6.34. The first kappa shape index (κ1) is 19.2. The van der Waals surface area contributed by atoms with E-state index < -0.39 is 0 Å². The second-order valence-corrected chi connectivity index (χ2v) is 6.34. The van der Waals surface area contributed by atoms with Gasteiger partial charge >= 0.3 is 0 Å². The molecule has 1 saturated heterocycles. The minimum atomic E-state index is -0.212. The van der Waals surface area contributed by atoms with Crippen LogP contribution in [0.4, 0.5) is 4.39 Å². The molecular formula is C19H29FN4O. The van der Waals surface area contributed by atoms with E-state index in [1.54, 1.807) is 19.2 Å². The molecule has 2 rings (SSSR count). The van der Waals surface area contributed by atoms with Gasteiger partial charge in [-0.05, 0) is 43.4 Å². The van der Waals surface area contributed by atoms with Crippen LogP contribution in [0.15, 0.2) is 29.3 Å². The summed E-state index contributed by atoms with van der Waals surface area (Å²) in [5, 5.41) is 6.58. The van der Waals surface area contributed by atoms with E-state index in [1.165, 1.54) is 12.1 Å². The number of hydrogen-bond donors (Lipinski definition) is 2. The Kier molecular flexibility index (Phi) is 7.70. The predicted molar refractivity (Wildman–Crippen MR) is 99.1 cm³/mol. The molecule has 0 radical (unpaired) electrons. The van der Waals surface area contributed by atoms with E-state index in [-0.39, 0.29) is 11.7 Å². The summed E-state index contributed by atoms with van der Waals surface area (Å²) in [6.45, 7) is 4.53. The minimum Gasteiger partial charge on any atom is -0.356 e. The van der Waals surface area contributed by atoms with Crippen LogP contribution in [0.25, 0.3) is 0 Å². The van der Waals surface area contributed by atoms with Gasteiger partial charge in [-0.25, -0.2) is 4.39 Å². The molecule has 1 amide bonds. The van der Waals surface area contributed by atoms with Gasteiger partial charge in [-0.15, -0.1) is 0 Å². The van der Waals surface area contributed by atoms with Gasteiger partial charge < -0.3 is 15.5 Å². The van der Waals surface area contributed by atoms with Crippen molar-refractivity contribution in [1.82, 2.24) is 15.5 Å². The monoisotopic (exact) mass is 348 g/mol. The molecule has 1 aliphatic heterocycles. The van der Waals surface area contributed by atoms with Crippen molar-refractivity contribution in [2.24, 2.45) is 4.99 Å². The molecule has 0 aromatic heterocycles. The zero-order chi connectivity index (χ0) is 18.1. The Hall–Kier alpha value is -2.11. The smallest absolute Gasteiger partial charge is 0.222 e. The van der Waals surface area contributed by atoms with Gasteiger partial charge in [-0.3, -0.25) is 9.79 Å². The fraction of sp³-hybridized carbons (Fsp3) is 0.579. The van der Waals surface area contributed by atoms with Crippen molar-refractivity contribution >= 4 is 11.9 Å². The molecule has 2 N–H and O–H groups in total. The number of amides is 1. The zero-order valence-electron chi connectivity index (χ0n) is 15.2. The van der Waals surface area contributed by atoms with E-state index in [9.17, 15) is 9.18 Å². The normalized spacial score (nSPS) is 16.2. The first-order chi connectivity index (χ1) is 12.1. The number of carbonyl (C=O) groups is 1. The molecule has 0 aliphatic carbocycles. The molecule has 1 aromatic rings. The van der Waals surface area contributed by atoms with Gasteiger partial charge in [0.05, 0.1) is 0 Å². The highest BCUT2D eigenvalue weighted by molar-refractivity contribution is 5.79. The summed E-state index contributed by atoms with van der Waals surface area (Å²) in [6.07, 6.45) is 4.37. The van der Waals surface area contributed by atoms with Crippen molar-refractivity contribution in [2.45, 2.75) is 45.1 Å². The number of nitrogens with zero attached hydrogens (tertiary/aromatic N) is 2. The molecule has 25 heavy (non-hydrogen) atoms. The van der Waals surface area contributed by atoms with Crippen LogP contribution in [-0.4, -0.2) is 49.5 Å². The Labute approximate surface area is 149 Å². The van der Waals surface area contributed by atoms with Crippen LogP contribution in [-0.2, 0) is 11.2 Å². The lowest BCUT2D eigenvalue weighted by molar-refractivity contribution is -0.129. The molecule has 1 unspecified atom stereocenters. The number of benzene rings is 1. The topological polar surface area (TPSA) is 56.7 Å². The van der Waals surface area contributed by atoms with Crippen LogP contribution in [0.1, 0.15) is 38.2 Å². The molecule has 6 heteroatoms. The quantitative estimate of drug-likeness (QED) is 0.560. The Morgan fingerprint density at radius 2 is 2.00 bits per heavy atom. The average molecular weight is 348 g/mol. The maximum Gasteiger partial charge on any atom is 0.222 e. The highest BCUT2D eigenvalue weighted by Gasteiger charge is 2.26. The average Bonchev–Trinajstić information content (AvgIpc) is 3.04. The van der Waals surface area contributed by atoms with Gasteiger partial charge in [-0.1, -0.05) is 19.1 Å². The highest BCUT2D eigenvalue weighted by Crippen LogP contribution is 2.17. The lowest BCUT2D eigenvalue weighted by Gasteiger charge is -2.27. The Morgan fingerprint density at radius 3 is 2.60 bits per heavy atom. The number of carbonyl (C=O) groups excluding carboxylic acids is 1. The van der Waals surface area contributed by atoms with Gasteiger partial charge in [0.15, 0.2) is 5.96 Å². The largest absolute Gasteiger partial charge is 0.356 e. The molecule has 1 atom stereocenters. The standard InChI is InChI=1S/C19H29FN4O/c1-3-17(24-14-4-5-18(24)25)11-13-23-19(21-2)22-12-10-15-6-8-16(20)9-7-15/h6-9,17H,3-5,10-14H2,1-2H3,(H2,21,22,23). The van der Waals surface area contributed by atoms with Crippen molar-refractivity contribution in [1.29, 1.82) is 0 Å². The molecular weight excluding hydrogens is 319 g/mol. The fourth-order valence-corrected chi connectivity index (χ4v) is 3.19. The van der Waals surface area contributed by atoms with E-state index >= 15 is 0 Å². The fourth-order valence-electron chi connectivity index (χ4n) is 3.19. The van der Waals surface area contributed by atoms with Crippen molar-refractivity contribution in [2.75, 3.05) is 26.7 Å². The van der Waals surface area contributed by atoms with Gasteiger partial charge in [0.25, 0.3) is 0 Å². The Bertz CT molecular complexity index is 573. The van der Waals surface area contributed by atoms with E-state index in [0.29, 0.717) is 12.5 Å². The summed E-state index contributed by atoms with van der Waals surface area (Å²) in [5.74, 6) is 0.828. The van der Waals surface area contributed by atoms with Gasteiger partial charge in [0.1, 0.15) is 5.82 Å². The van der Waals surface area contributed by atoms with E-state index in [4.69, 9.17) is 0 Å². The lowest BCUT2D eigenvalue weighted by atomic mass is 10.1. The van der Waals surface area contributed by atoms with Crippen LogP contribution in [0.2, 0.25) is 0 Å². The van der Waals surface area contributed by atoms with Crippen LogP contribution in [0.3, 0.4) is 0 Å². The molecule has 5 nitrogen and oxygen atoms in total. The lowest BCUT2D eigenvalue weighted by Crippen LogP contribution is -2.42. The number of halogens is 1. The summed E-state index contributed by atoms with van der Waals surface area (Å²) in [5.41, 5.74) is 1.09. The second kappa shape index (κ2) is 10.0. The zero-order valence-corrected chi connectivity index (χ0v) is 15.2. The SMILES string of the molecule is CCC(CCNC(=NC)NCCc1ccc(F)cc1)N1CCCC1=O. The van der Waals surface area contributed by atoms with Crippen molar-refractivity contribution in [3.05, 3.63) is 35.6 Å². The molecule has 0 spiro atoms. The highest BCUT2D eigenvalue weighted by atomic mass is 19.1. The number of rotatable bonds is 8. The van der Waals surface area contributed by atoms with Crippen molar-refractivity contribution < 1.29 is 9.18 Å². The molecule has 1 aliphatic rings.